The first kappa shape index (κ1) is 14.4. The third-order valence-corrected chi connectivity index (χ3v) is 4.19. The zero-order valence-electron chi connectivity index (χ0n) is 9.65. The van der Waals surface area contributed by atoms with Crippen LogP contribution >= 0.6 is 11.6 Å². The van der Waals surface area contributed by atoms with E-state index in [0.717, 1.165) is 0 Å². The minimum Gasteiger partial charge on any atom is -0.383 e. The van der Waals surface area contributed by atoms with Gasteiger partial charge >= 0.3 is 0 Å². The topological polar surface area (TPSA) is 55.4 Å². The van der Waals surface area contributed by atoms with E-state index in [1.54, 1.807) is 19.2 Å². The largest absolute Gasteiger partial charge is 0.383 e. The van der Waals surface area contributed by atoms with Gasteiger partial charge in [0, 0.05) is 25.2 Å². The van der Waals surface area contributed by atoms with Gasteiger partial charge in [0.05, 0.1) is 17.3 Å². The minimum absolute atomic E-state index is 0.0678. The molecule has 0 aliphatic heterocycles. The molecule has 0 spiro atoms. The van der Waals surface area contributed by atoms with Crippen molar-refractivity contribution in [3.8, 4) is 0 Å². The normalized spacial score (nSPS) is 11.6. The number of ether oxygens (including phenoxy) is 1. The smallest absolute Gasteiger partial charge is 0.179 e. The summed E-state index contributed by atoms with van der Waals surface area (Å²) in [6.45, 7) is 1.63. The number of halogens is 1. The number of benzene rings is 1. The van der Waals surface area contributed by atoms with E-state index >= 15 is 0 Å². The maximum atomic E-state index is 11.9. The molecule has 4 nitrogen and oxygen atoms in total. The lowest BCUT2D eigenvalue weighted by atomic mass is 10.4. The second kappa shape index (κ2) is 6.96. The molecule has 0 unspecified atom stereocenters. The molecule has 1 N–H and O–H groups in total. The van der Waals surface area contributed by atoms with Gasteiger partial charge in [0.25, 0.3) is 0 Å². The highest BCUT2D eigenvalue weighted by molar-refractivity contribution is 7.91. The predicted octanol–water partition coefficient (Wildman–Crippen LogP) is 1.35. The standard InChI is InChI=1S/C11H16ClNO3S/c1-16-8-6-13-7-9-17(14,15)11-4-2-10(12)3-5-11/h2-5,13H,6-9H2,1H3. The van der Waals surface area contributed by atoms with Crippen LogP contribution < -0.4 is 5.32 Å². The summed E-state index contributed by atoms with van der Waals surface area (Å²) in [4.78, 5) is 0.301. The van der Waals surface area contributed by atoms with Crippen molar-refractivity contribution in [3.05, 3.63) is 29.3 Å². The number of hydrogen-bond donors (Lipinski definition) is 1. The van der Waals surface area contributed by atoms with Gasteiger partial charge in [0.15, 0.2) is 9.84 Å². The Kier molecular flexibility index (Phi) is 5.91. The van der Waals surface area contributed by atoms with Gasteiger partial charge in [-0.1, -0.05) is 11.6 Å². The molecule has 0 aliphatic rings. The molecule has 0 saturated heterocycles. The fourth-order valence-corrected chi connectivity index (χ4v) is 2.59. The molecular weight excluding hydrogens is 262 g/mol. The number of sulfone groups is 1. The van der Waals surface area contributed by atoms with Gasteiger partial charge in [0.2, 0.25) is 0 Å². The van der Waals surface area contributed by atoms with Crippen molar-refractivity contribution in [3.63, 3.8) is 0 Å². The molecule has 0 radical (unpaired) electrons. The van der Waals surface area contributed by atoms with Crippen LogP contribution in [0.5, 0.6) is 0 Å². The van der Waals surface area contributed by atoms with Crippen molar-refractivity contribution in [2.24, 2.45) is 0 Å². The molecule has 6 heteroatoms. The van der Waals surface area contributed by atoms with Gasteiger partial charge in [0.1, 0.15) is 0 Å². The lowest BCUT2D eigenvalue weighted by Gasteiger charge is -2.06. The number of methoxy groups -OCH3 is 1. The third-order valence-electron chi connectivity index (χ3n) is 2.20. The summed E-state index contributed by atoms with van der Waals surface area (Å²) in [6.07, 6.45) is 0. The number of nitrogens with one attached hydrogen (secondary N) is 1. The summed E-state index contributed by atoms with van der Waals surface area (Å²) in [5.41, 5.74) is 0. The summed E-state index contributed by atoms with van der Waals surface area (Å²) in [7, 11) is -1.62. The molecule has 0 bridgehead atoms. The molecule has 0 atom stereocenters. The van der Waals surface area contributed by atoms with Crippen LogP contribution in [-0.2, 0) is 14.6 Å². The summed E-state index contributed by atoms with van der Waals surface area (Å²) < 4.78 is 28.6. The van der Waals surface area contributed by atoms with Crippen molar-refractivity contribution >= 4 is 21.4 Å². The SMILES string of the molecule is COCCNCCS(=O)(=O)c1ccc(Cl)cc1. The Bertz CT molecular complexity index is 431. The molecule has 0 fully saturated rings. The van der Waals surface area contributed by atoms with Crippen LogP contribution in [0.25, 0.3) is 0 Å². The summed E-state index contributed by atoms with van der Waals surface area (Å²) in [6, 6.07) is 6.19. The van der Waals surface area contributed by atoms with Crippen molar-refractivity contribution in [2.45, 2.75) is 4.90 Å². The highest BCUT2D eigenvalue weighted by atomic mass is 35.5. The summed E-state index contributed by atoms with van der Waals surface area (Å²) in [5.74, 6) is 0.0678. The highest BCUT2D eigenvalue weighted by Gasteiger charge is 2.13. The van der Waals surface area contributed by atoms with Crippen LogP contribution in [0.2, 0.25) is 5.02 Å². The van der Waals surface area contributed by atoms with Crippen molar-refractivity contribution in [1.29, 1.82) is 0 Å². The van der Waals surface area contributed by atoms with E-state index in [1.807, 2.05) is 0 Å². The van der Waals surface area contributed by atoms with E-state index in [-0.39, 0.29) is 5.75 Å². The van der Waals surface area contributed by atoms with Gasteiger partial charge in [-0.3, -0.25) is 0 Å². The second-order valence-corrected chi connectivity index (χ2v) is 6.06. The van der Waals surface area contributed by atoms with E-state index in [9.17, 15) is 8.42 Å². The van der Waals surface area contributed by atoms with Crippen LogP contribution in [-0.4, -0.2) is 41.0 Å². The van der Waals surface area contributed by atoms with Crippen LogP contribution in [0.3, 0.4) is 0 Å². The van der Waals surface area contributed by atoms with E-state index in [2.05, 4.69) is 5.32 Å². The van der Waals surface area contributed by atoms with Crippen molar-refractivity contribution in [2.75, 3.05) is 32.6 Å². The van der Waals surface area contributed by atoms with Crippen molar-refractivity contribution < 1.29 is 13.2 Å². The summed E-state index contributed by atoms with van der Waals surface area (Å²) in [5, 5.41) is 3.52. The predicted molar refractivity (Wildman–Crippen MR) is 68.3 cm³/mol. The first-order valence-corrected chi connectivity index (χ1v) is 7.27. The molecule has 0 heterocycles. The number of rotatable bonds is 7. The Balaban J connectivity index is 2.48. The Morgan fingerprint density at radius 1 is 1.24 bits per heavy atom. The molecule has 0 aromatic heterocycles. The monoisotopic (exact) mass is 277 g/mol. The fraction of sp³-hybridized carbons (Fsp3) is 0.455. The molecule has 0 saturated carbocycles. The lowest BCUT2D eigenvalue weighted by Crippen LogP contribution is -2.26. The van der Waals surface area contributed by atoms with Crippen LogP contribution in [0.15, 0.2) is 29.2 Å². The molecule has 96 valence electrons. The van der Waals surface area contributed by atoms with E-state index in [0.29, 0.717) is 29.6 Å². The highest BCUT2D eigenvalue weighted by Crippen LogP contribution is 2.14. The number of hydrogen-bond acceptors (Lipinski definition) is 4. The average molecular weight is 278 g/mol. The van der Waals surface area contributed by atoms with E-state index in [1.165, 1.54) is 12.1 Å². The molecule has 0 aliphatic carbocycles. The molecule has 1 rings (SSSR count). The van der Waals surface area contributed by atoms with E-state index < -0.39 is 9.84 Å². The first-order valence-electron chi connectivity index (χ1n) is 5.24. The quantitative estimate of drug-likeness (QED) is 0.765. The van der Waals surface area contributed by atoms with Gasteiger partial charge < -0.3 is 10.1 Å². The maximum absolute atomic E-state index is 11.9. The zero-order chi connectivity index (χ0) is 12.7. The van der Waals surface area contributed by atoms with Gasteiger partial charge in [-0.2, -0.15) is 0 Å². The van der Waals surface area contributed by atoms with Crippen LogP contribution in [0.4, 0.5) is 0 Å². The van der Waals surface area contributed by atoms with Gasteiger partial charge in [-0.15, -0.1) is 0 Å². The molecule has 1 aromatic rings. The first-order chi connectivity index (χ1) is 8.06. The Hall–Kier alpha value is -0.620. The molecule has 1 aromatic carbocycles. The van der Waals surface area contributed by atoms with Crippen molar-refractivity contribution in [1.82, 2.24) is 5.32 Å². The fourth-order valence-electron chi connectivity index (χ4n) is 1.27. The third kappa shape index (κ3) is 5.04. The average Bonchev–Trinajstić information content (AvgIpc) is 2.29. The Morgan fingerprint density at radius 2 is 1.88 bits per heavy atom. The van der Waals surface area contributed by atoms with Gasteiger partial charge in [-0.25, -0.2) is 8.42 Å². The van der Waals surface area contributed by atoms with Crippen LogP contribution in [0, 0.1) is 0 Å². The van der Waals surface area contributed by atoms with Gasteiger partial charge in [-0.05, 0) is 24.3 Å². The lowest BCUT2D eigenvalue weighted by molar-refractivity contribution is 0.200. The molecule has 17 heavy (non-hydrogen) atoms. The Labute approximate surface area is 107 Å². The maximum Gasteiger partial charge on any atom is 0.179 e. The zero-order valence-corrected chi connectivity index (χ0v) is 11.2. The Morgan fingerprint density at radius 3 is 2.47 bits per heavy atom. The second-order valence-electron chi connectivity index (χ2n) is 3.52. The molecular formula is C11H16ClNO3S. The molecule has 0 amide bonds. The summed E-state index contributed by atoms with van der Waals surface area (Å²) >= 11 is 5.70. The minimum atomic E-state index is -3.23. The van der Waals surface area contributed by atoms with Crippen LogP contribution in [0.1, 0.15) is 0 Å². The van der Waals surface area contributed by atoms with E-state index in [4.69, 9.17) is 16.3 Å².